The van der Waals surface area contributed by atoms with E-state index in [2.05, 4.69) is 0 Å². The molecule has 0 spiro atoms. The second-order valence-electron chi connectivity index (χ2n) is 3.48. The SMILES string of the molecule is C[C@@H](CO)N(C)C(=O)c1ccc(C(N)=O)s1. The van der Waals surface area contributed by atoms with Crippen LogP contribution in [-0.4, -0.2) is 41.5 Å². The molecule has 16 heavy (non-hydrogen) atoms. The molecular weight excluding hydrogens is 228 g/mol. The van der Waals surface area contributed by atoms with Gasteiger partial charge in [0.25, 0.3) is 11.8 Å². The summed E-state index contributed by atoms with van der Waals surface area (Å²) >= 11 is 1.06. The van der Waals surface area contributed by atoms with Crippen LogP contribution in [0.25, 0.3) is 0 Å². The van der Waals surface area contributed by atoms with Gasteiger partial charge in [-0.15, -0.1) is 11.3 Å². The van der Waals surface area contributed by atoms with Gasteiger partial charge in [0, 0.05) is 7.05 Å². The molecule has 0 aromatic carbocycles. The summed E-state index contributed by atoms with van der Waals surface area (Å²) in [4.78, 5) is 24.9. The summed E-state index contributed by atoms with van der Waals surface area (Å²) < 4.78 is 0. The van der Waals surface area contributed by atoms with Gasteiger partial charge in [-0.3, -0.25) is 9.59 Å². The Labute approximate surface area is 97.5 Å². The minimum absolute atomic E-state index is 0.101. The fraction of sp³-hybridized carbons (Fsp3) is 0.400. The van der Waals surface area contributed by atoms with E-state index in [4.69, 9.17) is 10.8 Å². The molecule has 0 aliphatic heterocycles. The third-order valence-electron chi connectivity index (χ3n) is 2.31. The number of hydrogen-bond donors (Lipinski definition) is 2. The lowest BCUT2D eigenvalue weighted by Crippen LogP contribution is -2.36. The van der Waals surface area contributed by atoms with Crippen molar-refractivity contribution in [3.63, 3.8) is 0 Å². The van der Waals surface area contributed by atoms with Crippen molar-refractivity contribution in [3.05, 3.63) is 21.9 Å². The van der Waals surface area contributed by atoms with E-state index in [9.17, 15) is 9.59 Å². The Bertz CT molecular complexity index is 403. The number of primary amides is 1. The van der Waals surface area contributed by atoms with Gasteiger partial charge in [-0.05, 0) is 19.1 Å². The number of thiophene rings is 1. The number of amides is 2. The Kier molecular flexibility index (Phi) is 4.03. The second-order valence-corrected chi connectivity index (χ2v) is 4.56. The lowest BCUT2D eigenvalue weighted by Gasteiger charge is -2.22. The minimum Gasteiger partial charge on any atom is -0.394 e. The van der Waals surface area contributed by atoms with E-state index >= 15 is 0 Å². The van der Waals surface area contributed by atoms with E-state index in [0.29, 0.717) is 9.75 Å². The van der Waals surface area contributed by atoms with Crippen LogP contribution in [0.3, 0.4) is 0 Å². The molecule has 88 valence electrons. The van der Waals surface area contributed by atoms with Crippen LogP contribution in [0.1, 0.15) is 26.3 Å². The third kappa shape index (κ3) is 2.59. The average molecular weight is 242 g/mol. The highest BCUT2D eigenvalue weighted by Crippen LogP contribution is 2.18. The largest absolute Gasteiger partial charge is 0.394 e. The van der Waals surface area contributed by atoms with Gasteiger partial charge >= 0.3 is 0 Å². The predicted octanol–water partition coefficient (Wildman–Crippen LogP) is 0.300. The van der Waals surface area contributed by atoms with Crippen molar-refractivity contribution in [3.8, 4) is 0 Å². The van der Waals surface area contributed by atoms with Gasteiger partial charge in [0.1, 0.15) is 0 Å². The van der Waals surface area contributed by atoms with E-state index in [1.165, 1.54) is 11.0 Å². The number of aliphatic hydroxyl groups excluding tert-OH is 1. The summed E-state index contributed by atoms with van der Waals surface area (Å²) in [6, 6.07) is 2.83. The number of carbonyl (C=O) groups excluding carboxylic acids is 2. The summed E-state index contributed by atoms with van der Waals surface area (Å²) in [5, 5.41) is 8.93. The monoisotopic (exact) mass is 242 g/mol. The molecule has 1 heterocycles. The number of aliphatic hydroxyl groups is 1. The minimum atomic E-state index is -0.540. The number of nitrogens with two attached hydrogens (primary N) is 1. The number of rotatable bonds is 4. The first-order valence-electron chi connectivity index (χ1n) is 4.75. The van der Waals surface area contributed by atoms with Gasteiger partial charge in [-0.25, -0.2) is 0 Å². The average Bonchev–Trinajstić information content (AvgIpc) is 2.75. The summed E-state index contributed by atoms with van der Waals surface area (Å²) in [5.74, 6) is -0.763. The normalized spacial score (nSPS) is 12.2. The maximum atomic E-state index is 11.9. The zero-order valence-corrected chi connectivity index (χ0v) is 9.95. The molecule has 0 saturated heterocycles. The van der Waals surface area contributed by atoms with Gasteiger partial charge < -0.3 is 15.7 Å². The van der Waals surface area contributed by atoms with Crippen molar-refractivity contribution in [1.29, 1.82) is 0 Å². The maximum Gasteiger partial charge on any atom is 0.264 e. The molecule has 0 saturated carbocycles. The number of hydrogen-bond acceptors (Lipinski definition) is 4. The lowest BCUT2D eigenvalue weighted by atomic mass is 10.3. The lowest BCUT2D eigenvalue weighted by molar-refractivity contribution is 0.0687. The summed E-state index contributed by atoms with van der Waals surface area (Å²) in [6.07, 6.45) is 0. The molecule has 1 aromatic rings. The summed E-state index contributed by atoms with van der Waals surface area (Å²) in [5.41, 5.74) is 5.10. The van der Waals surface area contributed by atoms with Crippen molar-refractivity contribution in [2.45, 2.75) is 13.0 Å². The Hall–Kier alpha value is -1.40. The van der Waals surface area contributed by atoms with Gasteiger partial charge in [0.15, 0.2) is 0 Å². The summed E-state index contributed by atoms with van der Waals surface area (Å²) in [6.45, 7) is 1.64. The predicted molar refractivity (Wildman–Crippen MR) is 61.5 cm³/mol. The highest BCUT2D eigenvalue weighted by Gasteiger charge is 2.19. The summed E-state index contributed by atoms with van der Waals surface area (Å²) in [7, 11) is 1.60. The van der Waals surface area contributed by atoms with Crippen molar-refractivity contribution < 1.29 is 14.7 Å². The van der Waals surface area contributed by atoms with Gasteiger partial charge in [-0.1, -0.05) is 0 Å². The van der Waals surface area contributed by atoms with Crippen LogP contribution in [0.4, 0.5) is 0 Å². The quantitative estimate of drug-likeness (QED) is 0.796. The maximum absolute atomic E-state index is 11.9. The topological polar surface area (TPSA) is 83.6 Å². The molecule has 0 bridgehead atoms. The Morgan fingerprint density at radius 3 is 2.50 bits per heavy atom. The molecule has 3 N–H and O–H groups in total. The van der Waals surface area contributed by atoms with Gasteiger partial charge in [0.2, 0.25) is 0 Å². The van der Waals surface area contributed by atoms with Gasteiger partial charge in [-0.2, -0.15) is 0 Å². The van der Waals surface area contributed by atoms with E-state index in [1.54, 1.807) is 20.0 Å². The molecule has 5 nitrogen and oxygen atoms in total. The molecule has 1 aromatic heterocycles. The molecule has 0 unspecified atom stereocenters. The number of nitrogens with zero attached hydrogens (tertiary/aromatic N) is 1. The number of likely N-dealkylation sites (N-methyl/N-ethyl adjacent to an activating group) is 1. The molecule has 6 heteroatoms. The van der Waals surface area contributed by atoms with Crippen LogP contribution in [-0.2, 0) is 0 Å². The Balaban J connectivity index is 2.84. The van der Waals surface area contributed by atoms with E-state index in [-0.39, 0.29) is 18.6 Å². The van der Waals surface area contributed by atoms with Crippen molar-refractivity contribution in [1.82, 2.24) is 4.90 Å². The zero-order chi connectivity index (χ0) is 12.3. The first kappa shape index (κ1) is 12.7. The molecule has 0 aliphatic carbocycles. The second kappa shape index (κ2) is 5.09. The van der Waals surface area contributed by atoms with Crippen molar-refractivity contribution >= 4 is 23.2 Å². The molecular formula is C10H14N2O3S. The smallest absolute Gasteiger partial charge is 0.264 e. The fourth-order valence-corrected chi connectivity index (χ4v) is 1.92. The molecule has 2 amide bonds. The van der Waals surface area contributed by atoms with Crippen LogP contribution in [0.5, 0.6) is 0 Å². The zero-order valence-electron chi connectivity index (χ0n) is 9.14. The Morgan fingerprint density at radius 2 is 2.06 bits per heavy atom. The van der Waals surface area contributed by atoms with Crippen LogP contribution in [0.15, 0.2) is 12.1 Å². The first-order valence-corrected chi connectivity index (χ1v) is 5.56. The van der Waals surface area contributed by atoms with Crippen LogP contribution in [0, 0.1) is 0 Å². The van der Waals surface area contributed by atoms with E-state index in [1.807, 2.05) is 0 Å². The highest BCUT2D eigenvalue weighted by molar-refractivity contribution is 7.15. The molecule has 0 fully saturated rings. The van der Waals surface area contributed by atoms with Crippen molar-refractivity contribution in [2.75, 3.05) is 13.7 Å². The van der Waals surface area contributed by atoms with Gasteiger partial charge in [0.05, 0.1) is 22.4 Å². The Morgan fingerprint density at radius 1 is 1.50 bits per heavy atom. The van der Waals surface area contributed by atoms with E-state index < -0.39 is 5.91 Å². The van der Waals surface area contributed by atoms with Crippen molar-refractivity contribution in [2.24, 2.45) is 5.73 Å². The molecule has 0 radical (unpaired) electrons. The molecule has 1 atom stereocenters. The number of carbonyl (C=O) groups is 2. The van der Waals surface area contributed by atoms with Crippen LogP contribution >= 0.6 is 11.3 Å². The highest BCUT2D eigenvalue weighted by atomic mass is 32.1. The van der Waals surface area contributed by atoms with Crippen LogP contribution < -0.4 is 5.73 Å². The van der Waals surface area contributed by atoms with E-state index in [0.717, 1.165) is 11.3 Å². The van der Waals surface area contributed by atoms with Crippen LogP contribution in [0.2, 0.25) is 0 Å². The first-order chi connectivity index (χ1) is 7.47. The third-order valence-corrected chi connectivity index (χ3v) is 3.39. The molecule has 0 aliphatic rings. The fourth-order valence-electron chi connectivity index (χ4n) is 1.08. The molecule has 1 rings (SSSR count). The standard InChI is InChI=1S/C10H14N2O3S/c1-6(5-13)12(2)10(15)8-4-3-7(16-8)9(11)14/h3-4,6,13H,5H2,1-2H3,(H2,11,14)/t6-/m0/s1.